The molecule has 2 atom stereocenters. The van der Waals surface area contributed by atoms with E-state index in [0.717, 1.165) is 30.4 Å². The number of rotatable bonds is 6. The van der Waals surface area contributed by atoms with E-state index in [1.54, 1.807) is 0 Å². The zero-order valence-corrected chi connectivity index (χ0v) is 16.1. The molecule has 0 unspecified atom stereocenters. The average Bonchev–Trinajstić information content (AvgIpc) is 2.73. The van der Waals surface area contributed by atoms with Gasteiger partial charge in [0, 0.05) is 19.4 Å². The van der Waals surface area contributed by atoms with E-state index in [9.17, 15) is 4.79 Å². The minimum atomic E-state index is -0.641. The second kappa shape index (κ2) is 8.19. The van der Waals surface area contributed by atoms with Crippen LogP contribution < -0.4 is 0 Å². The number of nitrogens with zero attached hydrogens (tertiary/aromatic N) is 1. The van der Waals surface area contributed by atoms with Crippen LogP contribution in [0.3, 0.4) is 0 Å². The van der Waals surface area contributed by atoms with Gasteiger partial charge in [0.25, 0.3) is 0 Å². The Morgan fingerprint density at radius 1 is 1.11 bits per heavy atom. The molecule has 2 aromatic rings. The molecule has 0 aliphatic carbocycles. The van der Waals surface area contributed by atoms with E-state index < -0.39 is 5.72 Å². The summed E-state index contributed by atoms with van der Waals surface area (Å²) in [5.41, 5.74) is 1.54. The van der Waals surface area contributed by atoms with Crippen molar-refractivity contribution in [2.75, 3.05) is 6.54 Å². The van der Waals surface area contributed by atoms with E-state index in [1.165, 1.54) is 0 Å². The van der Waals surface area contributed by atoms with E-state index in [-0.39, 0.29) is 18.3 Å². The molecule has 0 spiro atoms. The average molecular weight is 377 g/mol. The third-order valence-corrected chi connectivity index (χ3v) is 5.70. The molecule has 4 rings (SSSR count). The van der Waals surface area contributed by atoms with Gasteiger partial charge in [0.15, 0.2) is 5.72 Å². The fraction of sp³-hybridized carbons (Fsp3) is 0.375. The normalized spacial score (nSPS) is 24.5. The van der Waals surface area contributed by atoms with Gasteiger partial charge in [0.2, 0.25) is 0 Å². The van der Waals surface area contributed by atoms with E-state index in [0.29, 0.717) is 19.4 Å². The molecular weight excluding hydrogens is 350 g/mol. The van der Waals surface area contributed by atoms with E-state index in [2.05, 4.69) is 30.8 Å². The molecule has 2 saturated heterocycles. The molecule has 0 bridgehead atoms. The number of carbonyl (C=O) groups excluding carboxylic acids is 1. The van der Waals surface area contributed by atoms with Crippen molar-refractivity contribution >= 4 is 6.09 Å². The molecule has 1 amide bonds. The first-order valence-electron chi connectivity index (χ1n) is 10.1. The van der Waals surface area contributed by atoms with Crippen LogP contribution in [0.1, 0.15) is 49.3 Å². The SMILES string of the molecule is C=CC[C@H]1C[C@]2(OC(c3ccccc3)c3ccccc3)CCCCN2C(=O)O1. The number of ether oxygens (including phenoxy) is 2. The van der Waals surface area contributed by atoms with Crippen LogP contribution in [-0.4, -0.2) is 29.4 Å². The van der Waals surface area contributed by atoms with Gasteiger partial charge < -0.3 is 9.47 Å². The lowest BCUT2D eigenvalue weighted by molar-refractivity contribution is -0.221. The molecule has 0 aromatic heterocycles. The highest BCUT2D eigenvalue weighted by Crippen LogP contribution is 2.43. The van der Waals surface area contributed by atoms with Crippen molar-refractivity contribution in [3.63, 3.8) is 0 Å². The summed E-state index contributed by atoms with van der Waals surface area (Å²) < 4.78 is 12.5. The molecule has 2 aromatic carbocycles. The van der Waals surface area contributed by atoms with Gasteiger partial charge in [-0.2, -0.15) is 0 Å². The van der Waals surface area contributed by atoms with Crippen molar-refractivity contribution in [1.82, 2.24) is 4.90 Å². The van der Waals surface area contributed by atoms with Gasteiger partial charge in [0.1, 0.15) is 12.2 Å². The maximum atomic E-state index is 12.8. The highest BCUT2D eigenvalue weighted by Gasteiger charge is 2.50. The van der Waals surface area contributed by atoms with Crippen molar-refractivity contribution < 1.29 is 14.3 Å². The van der Waals surface area contributed by atoms with Gasteiger partial charge >= 0.3 is 6.09 Å². The molecule has 0 saturated carbocycles. The van der Waals surface area contributed by atoms with Gasteiger partial charge in [0.05, 0.1) is 0 Å². The van der Waals surface area contributed by atoms with E-state index in [1.807, 2.05) is 47.4 Å². The van der Waals surface area contributed by atoms with Gasteiger partial charge in [-0.3, -0.25) is 4.90 Å². The Kier molecular flexibility index (Phi) is 5.49. The Hall–Kier alpha value is -2.59. The van der Waals surface area contributed by atoms with E-state index >= 15 is 0 Å². The Balaban J connectivity index is 1.72. The zero-order valence-electron chi connectivity index (χ0n) is 16.1. The smallest absolute Gasteiger partial charge is 0.412 e. The van der Waals surface area contributed by atoms with Crippen LogP contribution in [0.4, 0.5) is 4.79 Å². The van der Waals surface area contributed by atoms with Gasteiger partial charge in [-0.15, -0.1) is 6.58 Å². The molecule has 28 heavy (non-hydrogen) atoms. The van der Waals surface area contributed by atoms with Crippen LogP contribution in [0, 0.1) is 0 Å². The number of cyclic esters (lactones) is 1. The Morgan fingerprint density at radius 3 is 2.36 bits per heavy atom. The van der Waals surface area contributed by atoms with Crippen LogP contribution in [0.2, 0.25) is 0 Å². The summed E-state index contributed by atoms with van der Waals surface area (Å²) in [6.45, 7) is 4.49. The minimum Gasteiger partial charge on any atom is -0.446 e. The third-order valence-electron chi connectivity index (χ3n) is 5.70. The van der Waals surface area contributed by atoms with Crippen LogP contribution in [0.15, 0.2) is 73.3 Å². The van der Waals surface area contributed by atoms with Crippen molar-refractivity contribution in [2.45, 2.75) is 50.0 Å². The number of fused-ring (bicyclic) bond motifs is 1. The predicted octanol–water partition coefficient (Wildman–Crippen LogP) is 5.46. The first kappa shape index (κ1) is 18.8. The summed E-state index contributed by atoms with van der Waals surface area (Å²) in [7, 11) is 0. The fourth-order valence-electron chi connectivity index (χ4n) is 4.37. The molecule has 0 radical (unpaired) electrons. The molecule has 2 heterocycles. The quantitative estimate of drug-likeness (QED) is 0.628. The third kappa shape index (κ3) is 3.69. The summed E-state index contributed by atoms with van der Waals surface area (Å²) in [6, 6.07) is 20.5. The number of piperidine rings is 1. The van der Waals surface area contributed by atoms with Crippen molar-refractivity contribution in [1.29, 1.82) is 0 Å². The van der Waals surface area contributed by atoms with E-state index in [4.69, 9.17) is 9.47 Å². The lowest BCUT2D eigenvalue weighted by Gasteiger charge is -2.52. The van der Waals surface area contributed by atoms with Gasteiger partial charge in [-0.25, -0.2) is 4.79 Å². The summed E-state index contributed by atoms with van der Waals surface area (Å²) >= 11 is 0. The summed E-state index contributed by atoms with van der Waals surface area (Å²) in [5.74, 6) is 0. The zero-order chi connectivity index (χ0) is 19.4. The first-order chi connectivity index (χ1) is 13.7. The lowest BCUT2D eigenvalue weighted by atomic mass is 9.89. The monoisotopic (exact) mass is 377 g/mol. The minimum absolute atomic E-state index is 0.188. The second-order valence-electron chi connectivity index (χ2n) is 7.61. The standard InChI is InChI=1S/C24H27NO3/c1-2-11-21-18-24(16-9-10-17-25(24)23(26)27-21)28-22(19-12-5-3-6-13-19)20-14-7-4-8-15-20/h2-8,12-15,21-22H,1,9-11,16-18H2/t21-,24+/m0/s1. The van der Waals surface area contributed by atoms with Crippen molar-refractivity contribution in [3.05, 3.63) is 84.4 Å². The lowest BCUT2D eigenvalue weighted by Crippen LogP contribution is -2.62. The molecule has 2 aliphatic rings. The summed E-state index contributed by atoms with van der Waals surface area (Å²) in [4.78, 5) is 14.6. The Morgan fingerprint density at radius 2 is 1.75 bits per heavy atom. The second-order valence-corrected chi connectivity index (χ2v) is 7.61. The molecule has 146 valence electrons. The molecule has 2 aliphatic heterocycles. The van der Waals surface area contributed by atoms with Gasteiger partial charge in [-0.1, -0.05) is 66.7 Å². The molecule has 2 fully saturated rings. The summed E-state index contributed by atoms with van der Waals surface area (Å²) in [6.07, 6.45) is 5.28. The van der Waals surface area contributed by atoms with Crippen LogP contribution in [0.25, 0.3) is 0 Å². The molecule has 0 N–H and O–H groups in total. The number of amides is 1. The Labute approximate surface area is 166 Å². The molecule has 4 heteroatoms. The van der Waals surface area contributed by atoms with Crippen LogP contribution in [0.5, 0.6) is 0 Å². The maximum Gasteiger partial charge on any atom is 0.412 e. The number of hydrogen-bond donors (Lipinski definition) is 0. The predicted molar refractivity (Wildman–Crippen MR) is 109 cm³/mol. The topological polar surface area (TPSA) is 38.8 Å². The highest BCUT2D eigenvalue weighted by molar-refractivity contribution is 5.70. The Bertz CT molecular complexity index is 768. The number of carbonyl (C=O) groups is 1. The number of hydrogen-bond acceptors (Lipinski definition) is 3. The van der Waals surface area contributed by atoms with Crippen molar-refractivity contribution in [2.24, 2.45) is 0 Å². The van der Waals surface area contributed by atoms with Gasteiger partial charge in [-0.05, 0) is 30.4 Å². The molecular formula is C24H27NO3. The first-order valence-corrected chi connectivity index (χ1v) is 10.1. The summed E-state index contributed by atoms with van der Waals surface area (Å²) in [5, 5.41) is 0. The van der Waals surface area contributed by atoms with Crippen LogP contribution >= 0.6 is 0 Å². The fourth-order valence-corrected chi connectivity index (χ4v) is 4.37. The highest BCUT2D eigenvalue weighted by atomic mass is 16.6. The van der Waals surface area contributed by atoms with Crippen LogP contribution in [-0.2, 0) is 9.47 Å². The van der Waals surface area contributed by atoms with Crippen molar-refractivity contribution in [3.8, 4) is 0 Å². The largest absolute Gasteiger partial charge is 0.446 e. The maximum absolute atomic E-state index is 12.8. The number of benzene rings is 2. The molecule has 4 nitrogen and oxygen atoms in total.